The van der Waals surface area contributed by atoms with Crippen LogP contribution in [0, 0.1) is 0 Å². The fraction of sp³-hybridized carbons (Fsp3) is 0.714. The van der Waals surface area contributed by atoms with E-state index in [1.54, 1.807) is 6.07 Å². The van der Waals surface area contributed by atoms with Gasteiger partial charge < -0.3 is 15.0 Å². The van der Waals surface area contributed by atoms with Crippen LogP contribution < -0.4 is 10.5 Å². The Labute approximate surface area is 113 Å². The lowest BCUT2D eigenvalue weighted by molar-refractivity contribution is 0.254. The molecule has 0 saturated carbocycles. The summed E-state index contributed by atoms with van der Waals surface area (Å²) in [7, 11) is 0. The predicted octanol–water partition coefficient (Wildman–Crippen LogP) is 1.63. The van der Waals surface area contributed by atoms with E-state index >= 15 is 0 Å². The molecule has 1 atom stereocenters. The molecule has 0 aromatic carbocycles. The number of H-pyrrole nitrogens is 1. The second-order valence-corrected chi connectivity index (χ2v) is 5.52. The highest BCUT2D eigenvalue weighted by Gasteiger charge is 2.22. The van der Waals surface area contributed by atoms with Crippen LogP contribution in [0.25, 0.3) is 0 Å². The van der Waals surface area contributed by atoms with Crippen molar-refractivity contribution in [2.45, 2.75) is 51.5 Å². The molecule has 0 radical (unpaired) electrons. The van der Waals surface area contributed by atoms with Crippen LogP contribution >= 0.6 is 0 Å². The summed E-state index contributed by atoms with van der Waals surface area (Å²) in [5.74, 6) is 1.60. The highest BCUT2D eigenvalue weighted by Crippen LogP contribution is 2.22. The van der Waals surface area contributed by atoms with Crippen molar-refractivity contribution >= 4 is 5.82 Å². The van der Waals surface area contributed by atoms with Gasteiger partial charge >= 0.3 is 0 Å². The first-order valence-corrected chi connectivity index (χ1v) is 7.10. The van der Waals surface area contributed by atoms with Crippen molar-refractivity contribution in [1.29, 1.82) is 0 Å². The van der Waals surface area contributed by atoms with Gasteiger partial charge in [0.25, 0.3) is 5.56 Å². The molecule has 0 amide bonds. The van der Waals surface area contributed by atoms with Gasteiger partial charge in [0, 0.05) is 18.5 Å². The predicted molar refractivity (Wildman–Crippen MR) is 75.6 cm³/mol. The van der Waals surface area contributed by atoms with E-state index in [-0.39, 0.29) is 24.1 Å². The van der Waals surface area contributed by atoms with Gasteiger partial charge in [-0.3, -0.25) is 4.79 Å². The van der Waals surface area contributed by atoms with Crippen molar-refractivity contribution in [3.8, 4) is 0 Å². The third-order valence-electron chi connectivity index (χ3n) is 3.68. The number of aromatic nitrogens is 2. The van der Waals surface area contributed by atoms with Gasteiger partial charge in [0.05, 0.1) is 12.6 Å². The maximum atomic E-state index is 11.8. The van der Waals surface area contributed by atoms with Crippen molar-refractivity contribution in [1.82, 2.24) is 9.97 Å². The molecule has 106 valence electrons. The SMILES string of the molecule is CC(C)c1nc(N2CCCCCC2CO)cc(=O)[nH]1. The molecule has 1 aromatic rings. The number of hydrogen-bond donors (Lipinski definition) is 2. The lowest BCUT2D eigenvalue weighted by Gasteiger charge is -2.29. The standard InChI is InChI=1S/C14H23N3O2/c1-10(2)14-15-12(8-13(19)16-14)17-7-5-3-4-6-11(17)9-18/h8,10-11,18H,3-7,9H2,1-2H3,(H,15,16,19). The van der Waals surface area contributed by atoms with Gasteiger partial charge in [-0.2, -0.15) is 0 Å². The van der Waals surface area contributed by atoms with Crippen molar-refractivity contribution in [3.63, 3.8) is 0 Å². The Hall–Kier alpha value is -1.36. The lowest BCUT2D eigenvalue weighted by atomic mass is 10.1. The zero-order valence-corrected chi connectivity index (χ0v) is 11.7. The number of anilines is 1. The average molecular weight is 265 g/mol. The van der Waals surface area contributed by atoms with Crippen LogP contribution in [-0.4, -0.2) is 34.3 Å². The monoisotopic (exact) mass is 265 g/mol. The molecule has 19 heavy (non-hydrogen) atoms. The molecule has 1 saturated heterocycles. The van der Waals surface area contributed by atoms with Gasteiger partial charge in [0.2, 0.25) is 0 Å². The topological polar surface area (TPSA) is 69.2 Å². The van der Waals surface area contributed by atoms with Crippen LogP contribution in [0.3, 0.4) is 0 Å². The molecule has 1 aromatic heterocycles. The van der Waals surface area contributed by atoms with E-state index in [1.807, 2.05) is 13.8 Å². The summed E-state index contributed by atoms with van der Waals surface area (Å²) in [6.45, 7) is 4.99. The summed E-state index contributed by atoms with van der Waals surface area (Å²) in [4.78, 5) is 21.2. The minimum atomic E-state index is -0.116. The first-order chi connectivity index (χ1) is 9.11. The van der Waals surface area contributed by atoms with E-state index in [9.17, 15) is 9.90 Å². The maximum absolute atomic E-state index is 11.8. The molecule has 5 nitrogen and oxygen atoms in total. The molecule has 2 N–H and O–H groups in total. The molecule has 1 unspecified atom stereocenters. The molecule has 0 bridgehead atoms. The maximum Gasteiger partial charge on any atom is 0.252 e. The van der Waals surface area contributed by atoms with Crippen molar-refractivity contribution in [2.75, 3.05) is 18.1 Å². The molecule has 5 heteroatoms. The molecule has 2 rings (SSSR count). The van der Waals surface area contributed by atoms with Gasteiger partial charge in [-0.05, 0) is 12.8 Å². The van der Waals surface area contributed by atoms with Gasteiger partial charge in [0.1, 0.15) is 11.6 Å². The molecule has 1 aliphatic heterocycles. The quantitative estimate of drug-likeness (QED) is 0.871. The van der Waals surface area contributed by atoms with E-state index in [0.717, 1.165) is 25.8 Å². The van der Waals surface area contributed by atoms with E-state index in [4.69, 9.17) is 0 Å². The van der Waals surface area contributed by atoms with Crippen molar-refractivity contribution in [3.05, 3.63) is 22.2 Å². The summed E-state index contributed by atoms with van der Waals surface area (Å²) in [6.07, 6.45) is 4.35. The Bertz CT molecular complexity index is 470. The Balaban J connectivity index is 2.35. The van der Waals surface area contributed by atoms with E-state index in [1.165, 1.54) is 6.42 Å². The first kappa shape index (κ1) is 14.1. The normalized spacial score (nSPS) is 20.6. The third-order valence-corrected chi connectivity index (χ3v) is 3.68. The summed E-state index contributed by atoms with van der Waals surface area (Å²) >= 11 is 0. The largest absolute Gasteiger partial charge is 0.394 e. The van der Waals surface area contributed by atoms with Crippen LogP contribution in [0.2, 0.25) is 0 Å². The lowest BCUT2D eigenvalue weighted by Crippen LogP contribution is -2.39. The number of aliphatic hydroxyl groups excluding tert-OH is 1. The van der Waals surface area contributed by atoms with Gasteiger partial charge in [0.15, 0.2) is 0 Å². The Morgan fingerprint density at radius 3 is 2.95 bits per heavy atom. The molecule has 1 fully saturated rings. The summed E-state index contributed by atoms with van der Waals surface area (Å²) < 4.78 is 0. The number of nitrogens with one attached hydrogen (secondary N) is 1. The van der Waals surface area contributed by atoms with Crippen molar-refractivity contribution in [2.24, 2.45) is 0 Å². The fourth-order valence-corrected chi connectivity index (χ4v) is 2.55. The first-order valence-electron chi connectivity index (χ1n) is 7.10. The van der Waals surface area contributed by atoms with Crippen LogP contribution in [0.1, 0.15) is 51.3 Å². The zero-order valence-electron chi connectivity index (χ0n) is 11.7. The third kappa shape index (κ3) is 3.35. The zero-order chi connectivity index (χ0) is 13.8. The summed E-state index contributed by atoms with van der Waals surface area (Å²) in [6, 6.07) is 1.62. The molecule has 1 aliphatic rings. The summed E-state index contributed by atoms with van der Waals surface area (Å²) in [5, 5.41) is 9.54. The number of aromatic amines is 1. The number of nitrogens with zero attached hydrogens (tertiary/aromatic N) is 2. The number of aliphatic hydroxyl groups is 1. The molecule has 2 heterocycles. The Morgan fingerprint density at radius 1 is 1.47 bits per heavy atom. The minimum Gasteiger partial charge on any atom is -0.394 e. The van der Waals surface area contributed by atoms with Gasteiger partial charge in [-0.15, -0.1) is 0 Å². The Kier molecular flexibility index (Phi) is 4.58. The van der Waals surface area contributed by atoms with Crippen molar-refractivity contribution < 1.29 is 5.11 Å². The molecular weight excluding hydrogens is 242 g/mol. The highest BCUT2D eigenvalue weighted by atomic mass is 16.3. The average Bonchev–Trinajstić information content (AvgIpc) is 2.62. The van der Waals surface area contributed by atoms with Gasteiger partial charge in [-0.25, -0.2) is 4.98 Å². The highest BCUT2D eigenvalue weighted by molar-refractivity contribution is 5.39. The van der Waals surface area contributed by atoms with Gasteiger partial charge in [-0.1, -0.05) is 26.7 Å². The summed E-state index contributed by atoms with van der Waals surface area (Å²) in [5.41, 5.74) is -0.116. The van der Waals surface area contributed by atoms with E-state index < -0.39 is 0 Å². The van der Waals surface area contributed by atoms with E-state index in [2.05, 4.69) is 14.9 Å². The fourth-order valence-electron chi connectivity index (χ4n) is 2.55. The molecular formula is C14H23N3O2. The molecule has 0 aliphatic carbocycles. The smallest absolute Gasteiger partial charge is 0.252 e. The second kappa shape index (κ2) is 6.19. The second-order valence-electron chi connectivity index (χ2n) is 5.52. The number of rotatable bonds is 3. The Morgan fingerprint density at radius 2 is 2.26 bits per heavy atom. The van der Waals surface area contributed by atoms with Crippen LogP contribution in [-0.2, 0) is 0 Å². The molecule has 0 spiro atoms. The van der Waals surface area contributed by atoms with Crippen LogP contribution in [0.5, 0.6) is 0 Å². The number of hydrogen-bond acceptors (Lipinski definition) is 4. The minimum absolute atomic E-state index is 0.0804. The van der Waals surface area contributed by atoms with Crippen LogP contribution in [0.4, 0.5) is 5.82 Å². The van der Waals surface area contributed by atoms with Crippen LogP contribution in [0.15, 0.2) is 10.9 Å². The van der Waals surface area contributed by atoms with E-state index in [0.29, 0.717) is 11.6 Å².